The lowest BCUT2D eigenvalue weighted by Crippen LogP contribution is -2.57. The number of carbonyl (C=O) groups is 2. The molecule has 0 aromatic heterocycles. The zero-order valence-electron chi connectivity index (χ0n) is 21.4. The van der Waals surface area contributed by atoms with Gasteiger partial charge in [0.15, 0.2) is 11.6 Å². The number of aliphatic hydroxyl groups is 1. The van der Waals surface area contributed by atoms with E-state index in [9.17, 15) is 14.7 Å². The second kappa shape index (κ2) is 7.65. The summed E-state index contributed by atoms with van der Waals surface area (Å²) < 4.78 is 0. The van der Waals surface area contributed by atoms with Crippen LogP contribution in [0.15, 0.2) is 23.3 Å². The van der Waals surface area contributed by atoms with Crippen molar-refractivity contribution < 1.29 is 14.7 Å². The summed E-state index contributed by atoms with van der Waals surface area (Å²) in [5, 5.41) is 10.8. The number of Topliss-reactive ketones (excluding diaryl/α,β-unsaturated/α-hetero) is 1. The van der Waals surface area contributed by atoms with E-state index in [2.05, 4.69) is 41.5 Å². The molecule has 0 aromatic carbocycles. The predicted octanol–water partition coefficient (Wildman–Crippen LogP) is 6.45. The fourth-order valence-corrected chi connectivity index (χ4v) is 8.92. The monoisotopic (exact) mass is 440 g/mol. The molecule has 7 atom stereocenters. The van der Waals surface area contributed by atoms with Gasteiger partial charge in [-0.15, -0.1) is 0 Å². The van der Waals surface area contributed by atoms with Gasteiger partial charge in [0, 0.05) is 17.4 Å². The largest absolute Gasteiger partial charge is 0.393 e. The average molecular weight is 441 g/mol. The molecule has 178 valence electrons. The molecule has 0 heterocycles. The predicted molar refractivity (Wildman–Crippen MR) is 129 cm³/mol. The lowest BCUT2D eigenvalue weighted by Gasteiger charge is -2.61. The molecule has 1 N–H and O–H groups in total. The smallest absolute Gasteiger partial charge is 0.159 e. The third kappa shape index (κ3) is 3.16. The molecular weight excluding hydrogens is 396 g/mol. The van der Waals surface area contributed by atoms with Crippen molar-refractivity contribution in [2.75, 3.05) is 0 Å². The highest BCUT2D eigenvalue weighted by molar-refractivity contribution is 5.99. The van der Waals surface area contributed by atoms with Crippen molar-refractivity contribution >= 4 is 11.6 Å². The maximum Gasteiger partial charge on any atom is 0.159 e. The molecule has 0 aromatic rings. The molecule has 0 spiro atoms. The number of rotatable bonds is 4. The van der Waals surface area contributed by atoms with Gasteiger partial charge in [0.2, 0.25) is 0 Å². The molecular formula is C29H44O3. The minimum Gasteiger partial charge on any atom is -0.393 e. The Labute approximate surface area is 195 Å². The summed E-state index contributed by atoms with van der Waals surface area (Å²) in [6, 6.07) is 0. The SMILES string of the molecule is CC(=O)/C=C/C[C@@H](C)[C@H]1CC[C@@]2(C)C3=C(CC[C@]12C)[C@@]1(C)CC[C@H](O)C(C)(C)[C@@H]1CC3=O. The Bertz CT molecular complexity index is 879. The van der Waals surface area contributed by atoms with Gasteiger partial charge in [0.05, 0.1) is 6.10 Å². The number of hydrogen-bond donors (Lipinski definition) is 1. The van der Waals surface area contributed by atoms with Gasteiger partial charge in [-0.25, -0.2) is 0 Å². The van der Waals surface area contributed by atoms with Gasteiger partial charge >= 0.3 is 0 Å². The van der Waals surface area contributed by atoms with Crippen LogP contribution in [0.25, 0.3) is 0 Å². The maximum atomic E-state index is 13.8. The molecule has 4 rings (SSSR count). The fourth-order valence-electron chi connectivity index (χ4n) is 8.92. The molecule has 4 aliphatic carbocycles. The van der Waals surface area contributed by atoms with Crippen LogP contribution in [-0.2, 0) is 9.59 Å². The normalized spacial score (nSPS) is 44.2. The van der Waals surface area contributed by atoms with Crippen LogP contribution in [0.2, 0.25) is 0 Å². The van der Waals surface area contributed by atoms with Gasteiger partial charge in [-0.3, -0.25) is 9.59 Å². The van der Waals surface area contributed by atoms with Crippen LogP contribution in [0.3, 0.4) is 0 Å². The van der Waals surface area contributed by atoms with Gasteiger partial charge in [-0.2, -0.15) is 0 Å². The van der Waals surface area contributed by atoms with E-state index < -0.39 is 0 Å². The van der Waals surface area contributed by atoms with Crippen molar-refractivity contribution in [2.45, 2.75) is 106 Å². The molecule has 3 nitrogen and oxygen atoms in total. The molecule has 0 saturated heterocycles. The molecule has 3 heteroatoms. The van der Waals surface area contributed by atoms with Crippen molar-refractivity contribution in [3.63, 3.8) is 0 Å². The first kappa shape index (κ1) is 23.9. The second-order valence-corrected chi connectivity index (χ2v) is 12.9. The van der Waals surface area contributed by atoms with Crippen LogP contribution >= 0.6 is 0 Å². The lowest BCUT2D eigenvalue weighted by atomic mass is 9.43. The molecule has 2 fully saturated rings. The number of carbonyl (C=O) groups excluding carboxylic acids is 2. The lowest BCUT2D eigenvalue weighted by molar-refractivity contribution is -0.134. The molecule has 0 amide bonds. The minimum absolute atomic E-state index is 0.0320. The Balaban J connectivity index is 1.72. The Morgan fingerprint density at radius 2 is 1.81 bits per heavy atom. The molecule has 0 radical (unpaired) electrons. The summed E-state index contributed by atoms with van der Waals surface area (Å²) in [5.74, 6) is 1.78. The Hall–Kier alpha value is -1.22. The Kier molecular flexibility index (Phi) is 5.72. The first-order chi connectivity index (χ1) is 14.8. The number of ketones is 2. The van der Waals surface area contributed by atoms with E-state index in [4.69, 9.17) is 0 Å². The fraction of sp³-hybridized carbons (Fsp3) is 0.793. The zero-order chi connectivity index (χ0) is 23.7. The van der Waals surface area contributed by atoms with E-state index in [1.165, 1.54) is 11.1 Å². The van der Waals surface area contributed by atoms with Crippen molar-refractivity contribution in [2.24, 2.45) is 39.4 Å². The summed E-state index contributed by atoms with van der Waals surface area (Å²) in [6.45, 7) is 15.5. The number of fused-ring (bicyclic) bond motifs is 4. The third-order valence-corrected chi connectivity index (χ3v) is 11.2. The van der Waals surface area contributed by atoms with E-state index in [-0.39, 0.29) is 39.5 Å². The summed E-state index contributed by atoms with van der Waals surface area (Å²) in [7, 11) is 0. The van der Waals surface area contributed by atoms with Crippen LogP contribution in [-0.4, -0.2) is 22.8 Å². The molecule has 0 unspecified atom stereocenters. The van der Waals surface area contributed by atoms with Crippen molar-refractivity contribution in [1.29, 1.82) is 0 Å². The van der Waals surface area contributed by atoms with E-state index in [0.717, 1.165) is 44.9 Å². The number of allylic oxidation sites excluding steroid dienone is 4. The third-order valence-electron chi connectivity index (χ3n) is 11.2. The molecule has 32 heavy (non-hydrogen) atoms. The highest BCUT2D eigenvalue weighted by Gasteiger charge is 2.65. The minimum atomic E-state index is -0.320. The van der Waals surface area contributed by atoms with Gasteiger partial charge in [0.1, 0.15) is 0 Å². The van der Waals surface area contributed by atoms with E-state index in [0.29, 0.717) is 24.0 Å². The van der Waals surface area contributed by atoms with Crippen LogP contribution < -0.4 is 0 Å². The van der Waals surface area contributed by atoms with Crippen molar-refractivity contribution in [3.05, 3.63) is 23.3 Å². The standard InChI is InChI=1S/C29H44O3/c1-18(9-8-10-19(2)30)20-11-16-29(7)25-21(12-15-28(20,29)6)27(5)14-13-24(32)26(3,4)23(27)17-22(25)31/h8,10,18,20,23-24,32H,9,11-17H2,1-7H3/b10-8+/t18-,20-,23+,24+,27-,28-,29+/m1/s1. The number of hydrogen-bond acceptors (Lipinski definition) is 3. The highest BCUT2D eigenvalue weighted by Crippen LogP contribution is 2.71. The molecule has 0 aliphatic heterocycles. The summed E-state index contributed by atoms with van der Waals surface area (Å²) in [6.07, 6.45) is 11.2. The van der Waals surface area contributed by atoms with Crippen molar-refractivity contribution in [3.8, 4) is 0 Å². The van der Waals surface area contributed by atoms with Gasteiger partial charge in [-0.1, -0.05) is 53.2 Å². The highest BCUT2D eigenvalue weighted by atomic mass is 16.3. The van der Waals surface area contributed by atoms with E-state index in [1.807, 2.05) is 6.08 Å². The van der Waals surface area contributed by atoms with Gasteiger partial charge in [0.25, 0.3) is 0 Å². The van der Waals surface area contributed by atoms with Gasteiger partial charge < -0.3 is 5.11 Å². The number of aliphatic hydroxyl groups excluding tert-OH is 1. The van der Waals surface area contributed by atoms with Crippen LogP contribution in [0.5, 0.6) is 0 Å². The zero-order valence-corrected chi connectivity index (χ0v) is 21.4. The van der Waals surface area contributed by atoms with Gasteiger partial charge in [-0.05, 0) is 91.9 Å². The van der Waals surface area contributed by atoms with E-state index in [1.54, 1.807) is 13.0 Å². The molecule has 4 aliphatic rings. The van der Waals surface area contributed by atoms with Crippen LogP contribution in [0.1, 0.15) is 99.8 Å². The average Bonchev–Trinajstić information content (AvgIpc) is 2.98. The first-order valence-corrected chi connectivity index (χ1v) is 12.9. The first-order valence-electron chi connectivity index (χ1n) is 12.9. The van der Waals surface area contributed by atoms with E-state index >= 15 is 0 Å². The van der Waals surface area contributed by atoms with Crippen LogP contribution in [0.4, 0.5) is 0 Å². The quantitative estimate of drug-likeness (QED) is 0.511. The van der Waals surface area contributed by atoms with Crippen LogP contribution in [0, 0.1) is 39.4 Å². The summed E-state index contributed by atoms with van der Waals surface area (Å²) >= 11 is 0. The second-order valence-electron chi connectivity index (χ2n) is 12.9. The molecule has 2 saturated carbocycles. The summed E-state index contributed by atoms with van der Waals surface area (Å²) in [5.41, 5.74) is 2.50. The summed E-state index contributed by atoms with van der Waals surface area (Å²) in [4.78, 5) is 25.2. The maximum absolute atomic E-state index is 13.8. The Morgan fingerprint density at radius 1 is 1.12 bits per heavy atom. The topological polar surface area (TPSA) is 54.4 Å². The molecule has 0 bridgehead atoms. The Morgan fingerprint density at radius 3 is 2.47 bits per heavy atom. The van der Waals surface area contributed by atoms with Crippen molar-refractivity contribution in [1.82, 2.24) is 0 Å².